The molecule has 0 unspecified atom stereocenters. The molecule has 6 heterocycles. The van der Waals surface area contributed by atoms with E-state index in [1.54, 1.807) is 120 Å². The van der Waals surface area contributed by atoms with Crippen LogP contribution >= 0.6 is 136 Å². The van der Waals surface area contributed by atoms with E-state index in [1.165, 1.54) is 36.1 Å². The van der Waals surface area contributed by atoms with Crippen LogP contribution in [0.25, 0.3) is 120 Å². The van der Waals surface area contributed by atoms with Gasteiger partial charge in [-0.2, -0.15) is 0 Å². The van der Waals surface area contributed by atoms with Gasteiger partial charge in [0.15, 0.2) is 27.1 Å². The number of anilines is 1. The highest BCUT2D eigenvalue weighted by Gasteiger charge is 2.28. The van der Waals surface area contributed by atoms with E-state index in [2.05, 4.69) is 95.6 Å². The van der Waals surface area contributed by atoms with Crippen molar-refractivity contribution < 1.29 is 49.5 Å². The van der Waals surface area contributed by atoms with Gasteiger partial charge in [0.25, 0.3) is 0 Å². The molecule has 140 heavy (non-hydrogen) atoms. The highest BCUT2D eigenvalue weighted by molar-refractivity contribution is 9.11. The normalized spacial score (nSPS) is 12.7. The monoisotopic (exact) mass is 2180 g/mol. The Morgan fingerprint density at radius 1 is 0.400 bits per heavy atom. The number of hydrogen-bond donors (Lipinski definition) is 5. The Balaban J connectivity index is 0.000000133. The highest BCUT2D eigenvalue weighted by atomic mass is 79.9. The summed E-state index contributed by atoms with van der Waals surface area (Å²) >= 11 is 58.6. The Bertz CT molecular complexity index is 8300. The minimum Gasteiger partial charge on any atom is -0.480 e. The molecule has 19 rings (SSSR count). The lowest BCUT2D eigenvalue weighted by Gasteiger charge is -2.23. The van der Waals surface area contributed by atoms with Crippen molar-refractivity contribution in [3.05, 3.63) is 328 Å². The number of hydrogen-bond acceptors (Lipinski definition) is 12. The molecule has 17 aromatic rings. The molecule has 0 saturated heterocycles. The fourth-order valence-corrected chi connectivity index (χ4v) is 22.1. The molecule has 720 valence electrons. The Morgan fingerprint density at radius 2 is 0.771 bits per heavy atom. The predicted molar refractivity (Wildman–Crippen MR) is 578 cm³/mol. The van der Waals surface area contributed by atoms with Gasteiger partial charge < -0.3 is 53.3 Å². The third-order valence-corrected chi connectivity index (χ3v) is 31.1. The topological polar surface area (TPSA) is 300 Å². The first-order valence-corrected chi connectivity index (χ1v) is 50.5. The van der Waals surface area contributed by atoms with Crippen LogP contribution in [0.5, 0.6) is 0 Å². The fourth-order valence-electron chi connectivity index (χ4n) is 18.6. The van der Waals surface area contributed by atoms with Crippen molar-refractivity contribution in [2.45, 2.75) is 155 Å². The van der Waals surface area contributed by atoms with Crippen molar-refractivity contribution >= 4 is 281 Å². The van der Waals surface area contributed by atoms with Crippen molar-refractivity contribution in [3.63, 3.8) is 0 Å². The van der Waals surface area contributed by atoms with Gasteiger partial charge in [0.1, 0.15) is 32.7 Å². The summed E-state index contributed by atoms with van der Waals surface area (Å²) in [7, 11) is 0. The third-order valence-electron chi connectivity index (χ3n) is 25.0. The molecule has 21 nitrogen and oxygen atoms in total. The maximum atomic E-state index is 13.1. The van der Waals surface area contributed by atoms with Crippen LogP contribution < -0.4 is 32.0 Å². The van der Waals surface area contributed by atoms with Crippen LogP contribution in [-0.4, -0.2) is 96.6 Å². The van der Waals surface area contributed by atoms with Crippen LogP contribution in [0.3, 0.4) is 0 Å². The first-order valence-electron chi connectivity index (χ1n) is 45.0. The molecule has 0 spiro atoms. The van der Waals surface area contributed by atoms with E-state index in [-0.39, 0.29) is 95.4 Å². The molecule has 5 aromatic heterocycles. The van der Waals surface area contributed by atoms with Crippen LogP contribution in [0.4, 0.5) is 5.69 Å². The summed E-state index contributed by atoms with van der Waals surface area (Å²) in [4.78, 5) is 126. The van der Waals surface area contributed by atoms with Crippen molar-refractivity contribution in [1.82, 2.24) is 22.8 Å². The number of rotatable bonds is 20. The van der Waals surface area contributed by atoms with E-state index in [1.807, 2.05) is 97.9 Å². The summed E-state index contributed by atoms with van der Waals surface area (Å²) in [6.07, 6.45) is 10.6. The van der Waals surface area contributed by atoms with Crippen molar-refractivity contribution in [2.75, 3.05) is 18.0 Å². The number of para-hydroxylation sites is 1. The zero-order valence-electron chi connectivity index (χ0n) is 76.4. The summed E-state index contributed by atoms with van der Waals surface area (Å²) in [6, 6.07) is 60.6. The number of nitrogens with zero attached hydrogens (tertiary/aromatic N) is 6. The van der Waals surface area contributed by atoms with Gasteiger partial charge in [-0.25, -0.2) is 0 Å². The molecule has 0 bridgehead atoms. The second-order valence-corrected chi connectivity index (χ2v) is 42.5. The first kappa shape index (κ1) is 103. The highest BCUT2D eigenvalue weighted by Crippen LogP contribution is 2.42. The van der Waals surface area contributed by atoms with Crippen LogP contribution in [0.2, 0.25) is 40.2 Å². The van der Waals surface area contributed by atoms with E-state index in [9.17, 15) is 73.5 Å². The summed E-state index contributed by atoms with van der Waals surface area (Å²) in [6.45, 7) is 13.2. The van der Waals surface area contributed by atoms with Gasteiger partial charge >= 0.3 is 29.8 Å². The van der Waals surface area contributed by atoms with Gasteiger partial charge in [0.05, 0.1) is 104 Å². The number of halogens is 10. The largest absolute Gasteiger partial charge is 0.480 e. The number of aromatic nitrogens is 5. The molecule has 1 saturated carbocycles. The molecule has 2 aliphatic rings. The number of carbonyl (C=O) groups is 5. The number of thioether (sulfide) groups is 1. The smallest absolute Gasteiger partial charge is 0.323 e. The van der Waals surface area contributed by atoms with E-state index in [4.69, 9.17) is 92.8 Å². The van der Waals surface area contributed by atoms with Crippen LogP contribution in [0.1, 0.15) is 113 Å². The Morgan fingerprint density at radius 3 is 1.21 bits per heavy atom. The van der Waals surface area contributed by atoms with Gasteiger partial charge in [-0.15, -0.1) is 11.8 Å². The third kappa shape index (κ3) is 22.2. The van der Waals surface area contributed by atoms with Gasteiger partial charge in [0.2, 0.25) is 0 Å². The zero-order chi connectivity index (χ0) is 100. The van der Waals surface area contributed by atoms with E-state index < -0.39 is 29.8 Å². The molecule has 5 N–H and O–H groups in total. The molecular weight excluding hydrogens is 2100 g/mol. The molecule has 1 fully saturated rings. The Hall–Kier alpha value is -11.2. The minimum atomic E-state index is -1.04. The summed E-state index contributed by atoms with van der Waals surface area (Å²) in [5, 5.41) is 54.3. The van der Waals surface area contributed by atoms with E-state index in [0.29, 0.717) is 139 Å². The number of benzene rings is 12. The van der Waals surface area contributed by atoms with Crippen molar-refractivity contribution in [1.29, 1.82) is 0 Å². The second kappa shape index (κ2) is 43.7. The SMILES string of the molecule is CC(C)(C)CCc1ccc2c(=O)c3ccc(Cl)c(Br)c3n(CC(=O)O)c2c1.CC(C)Sc1ccc2c(=O)c3ccc(Cl)c(Cl)c3n(CC(=O)O)c2c1.Cc1cccc(-c2ccc3c(=O)c4ccc(Cl)c(Cl)c4n(CC(=O)O)c3c2)c1.O=C(O)Cn1c2cc(C3CCCCC3)ccc2c(=O)c2ccc(Cl)c(Br)c21.O=C(O)Cn1c2cc(CCCN3CCc4ccccc43)ccc2c(=O)c2ccc(Cl)c(Cl)c21. The lowest BCUT2D eigenvalue weighted by molar-refractivity contribution is -0.138. The van der Waals surface area contributed by atoms with Crippen molar-refractivity contribution in [3.8, 4) is 11.1 Å². The average Bonchev–Trinajstić information content (AvgIpc) is 1.11. The lowest BCUT2D eigenvalue weighted by Crippen LogP contribution is -2.22. The fraction of sp³-hybridized carbons (Fsp3) is 0.241. The van der Waals surface area contributed by atoms with Gasteiger partial charge in [-0.05, 0) is 262 Å². The number of aliphatic carboxylic acids is 5. The lowest BCUT2D eigenvalue weighted by atomic mass is 9.84. The van der Waals surface area contributed by atoms with Crippen molar-refractivity contribution in [2.24, 2.45) is 5.41 Å². The maximum absolute atomic E-state index is 13.1. The zero-order valence-corrected chi connectivity index (χ0v) is 86.5. The van der Waals surface area contributed by atoms with Crippen LogP contribution in [-0.2, 0) is 76.0 Å². The molecule has 0 radical (unpaired) electrons. The first-order chi connectivity index (χ1) is 66.6. The maximum Gasteiger partial charge on any atom is 0.323 e. The Labute approximate surface area is 863 Å². The molecule has 1 aliphatic carbocycles. The molecule has 0 amide bonds. The van der Waals surface area contributed by atoms with Gasteiger partial charge in [-0.3, -0.25) is 47.9 Å². The summed E-state index contributed by atoms with van der Waals surface area (Å²) in [5.74, 6) is -4.55. The van der Waals surface area contributed by atoms with Crippen LogP contribution in [0.15, 0.2) is 238 Å². The molecule has 0 atom stereocenters. The molecule has 1 aliphatic heterocycles. The van der Waals surface area contributed by atoms with E-state index in [0.717, 1.165) is 90.7 Å². The minimum absolute atomic E-state index is 0.103. The molecular formula is C108H92Br2Cl8N6O15S. The molecule has 32 heteroatoms. The number of aryl methyl sites for hydroxylation is 3. The van der Waals surface area contributed by atoms with Gasteiger partial charge in [0, 0.05) is 82.8 Å². The van der Waals surface area contributed by atoms with Gasteiger partial charge in [-0.1, -0.05) is 219 Å². The quantitative estimate of drug-likeness (QED) is 0.0350. The number of pyridine rings is 5. The summed E-state index contributed by atoms with van der Waals surface area (Å²) < 4.78 is 9.10. The second-order valence-electron chi connectivity index (χ2n) is 36.1. The average molecular weight is 2190 g/mol. The Kier molecular flexibility index (Phi) is 32.2. The predicted octanol–water partition coefficient (Wildman–Crippen LogP) is 27.4. The number of carboxylic acid groups (broad SMARTS) is 5. The van der Waals surface area contributed by atoms with E-state index >= 15 is 0 Å². The standard InChI is InChI=1S/C26H22Cl2N2O3.C22H15Cl2NO3.C21H19BrClNO3.C21H21BrClNO3.C18H15Cl2NO3S/c27-20-10-9-19-25(24(20)28)30(15-23(31)32)22-14-16(7-8-18(22)26(19)33)4-3-12-29-13-11-17-5-1-2-6-21(17)29;1-12-3-2-4-13(9-12)14-5-6-15-18(10-14)25(11-19(26)27)21-16(22(15)28)7-8-17(23)20(21)24;22-19-16(23)9-8-15-20(19)24(11-18(25)26)17-10-13(6-7-14(17)21(15)27)12-4-2-1-3-5-12;1-21(2,3)9-8-12-4-5-13-16(10-12)24(11-17(25)26)19-14(20(13)27)6-7-15(23)18(19)22;1-9(2)25-10-3-4-11-14(7-10)21(8-15(22)23)17-12(18(11)24)5-6-13(19)16(17)20/h1-2,5-10,14H,3-4,11-13,15H2,(H,31,32);2-10H,11H2,1H3,(H,26,27);6-10,12H,1-5,11H2,(H,25,26);4-7,10H,8-9,11H2,1-3H3,(H,25,26);3-7,9H,8H2,1-2H3,(H,22,23). The molecule has 12 aromatic carbocycles. The number of fused-ring (bicyclic) bond motifs is 11. The van der Waals surface area contributed by atoms with Crippen LogP contribution in [0, 0.1) is 12.3 Å². The summed E-state index contributed by atoms with van der Waals surface area (Å²) in [5.41, 5.74) is 13.3. The number of carboxylic acids is 5.